The highest BCUT2D eigenvalue weighted by molar-refractivity contribution is 5.79. The number of likely N-dealkylation sites (tertiary alicyclic amines) is 1. The number of aromatic hydroxyl groups is 1. The van der Waals surface area contributed by atoms with Crippen molar-refractivity contribution in [3.63, 3.8) is 0 Å². The molecule has 1 saturated heterocycles. The van der Waals surface area contributed by atoms with Gasteiger partial charge in [-0.1, -0.05) is 18.9 Å². The summed E-state index contributed by atoms with van der Waals surface area (Å²) in [6, 6.07) is 4.43. The maximum atomic E-state index is 13.4. The van der Waals surface area contributed by atoms with E-state index in [0.717, 1.165) is 50.0 Å². The van der Waals surface area contributed by atoms with E-state index in [2.05, 4.69) is 15.2 Å². The normalized spacial score (nSPS) is 19.9. The fraction of sp³-hybridized carbons (Fsp3) is 0.650. The van der Waals surface area contributed by atoms with Crippen LogP contribution in [-0.4, -0.2) is 48.8 Å². The Labute approximate surface area is 155 Å². The average molecular weight is 363 g/mol. The SMILES string of the molecule is CN=C(NCc1ccc(O)c(F)c1)N1CCC(OCC2CCCC2)CC1. The molecule has 1 aliphatic heterocycles. The van der Waals surface area contributed by atoms with Crippen molar-refractivity contribution in [3.05, 3.63) is 29.6 Å². The number of hydrogen-bond acceptors (Lipinski definition) is 3. The van der Waals surface area contributed by atoms with Gasteiger partial charge in [0.15, 0.2) is 17.5 Å². The van der Waals surface area contributed by atoms with Gasteiger partial charge in [0.1, 0.15) is 0 Å². The van der Waals surface area contributed by atoms with Gasteiger partial charge < -0.3 is 20.1 Å². The third kappa shape index (κ3) is 5.10. The topological polar surface area (TPSA) is 57.1 Å². The van der Waals surface area contributed by atoms with Gasteiger partial charge in [-0.3, -0.25) is 4.99 Å². The van der Waals surface area contributed by atoms with Crippen LogP contribution in [0.3, 0.4) is 0 Å². The van der Waals surface area contributed by atoms with Crippen molar-refractivity contribution in [2.24, 2.45) is 10.9 Å². The number of benzene rings is 1. The molecule has 0 amide bonds. The molecular weight excluding hydrogens is 333 g/mol. The first-order valence-corrected chi connectivity index (χ1v) is 9.70. The molecule has 144 valence electrons. The second kappa shape index (κ2) is 9.21. The minimum absolute atomic E-state index is 0.321. The van der Waals surface area contributed by atoms with Crippen molar-refractivity contribution in [1.82, 2.24) is 10.2 Å². The van der Waals surface area contributed by atoms with E-state index in [-0.39, 0.29) is 5.75 Å². The molecular formula is C20H30FN3O2. The lowest BCUT2D eigenvalue weighted by atomic mass is 10.1. The number of guanidine groups is 1. The van der Waals surface area contributed by atoms with Gasteiger partial charge in [-0.2, -0.15) is 0 Å². The minimum atomic E-state index is -0.598. The predicted molar refractivity (Wildman–Crippen MR) is 101 cm³/mol. The molecule has 0 atom stereocenters. The summed E-state index contributed by atoms with van der Waals surface area (Å²) < 4.78 is 19.6. The average Bonchev–Trinajstić information content (AvgIpc) is 3.18. The first-order chi connectivity index (χ1) is 12.7. The lowest BCUT2D eigenvalue weighted by Gasteiger charge is -2.34. The van der Waals surface area contributed by atoms with Crippen LogP contribution in [0.15, 0.2) is 23.2 Å². The van der Waals surface area contributed by atoms with Crippen LogP contribution in [0.4, 0.5) is 4.39 Å². The summed E-state index contributed by atoms with van der Waals surface area (Å²) in [6.45, 7) is 3.23. The van der Waals surface area contributed by atoms with Crippen LogP contribution >= 0.6 is 0 Å². The molecule has 0 aromatic heterocycles. The van der Waals surface area contributed by atoms with Gasteiger partial charge in [-0.25, -0.2) is 4.39 Å². The van der Waals surface area contributed by atoms with Crippen molar-refractivity contribution >= 4 is 5.96 Å². The van der Waals surface area contributed by atoms with Crippen molar-refractivity contribution in [3.8, 4) is 5.75 Å². The smallest absolute Gasteiger partial charge is 0.193 e. The first kappa shape index (κ1) is 19.0. The highest BCUT2D eigenvalue weighted by Gasteiger charge is 2.23. The Morgan fingerprint density at radius 2 is 2.00 bits per heavy atom. The Morgan fingerprint density at radius 3 is 2.65 bits per heavy atom. The maximum absolute atomic E-state index is 13.4. The fourth-order valence-electron chi connectivity index (χ4n) is 3.86. The zero-order valence-corrected chi connectivity index (χ0v) is 15.6. The Morgan fingerprint density at radius 1 is 1.27 bits per heavy atom. The lowest BCUT2D eigenvalue weighted by Crippen LogP contribution is -2.46. The Balaban J connectivity index is 1.42. The van der Waals surface area contributed by atoms with Crippen LogP contribution in [0.5, 0.6) is 5.75 Å². The molecule has 26 heavy (non-hydrogen) atoms. The summed E-state index contributed by atoms with van der Waals surface area (Å²) in [5.41, 5.74) is 0.774. The second-order valence-corrected chi connectivity index (χ2v) is 7.36. The van der Waals surface area contributed by atoms with Gasteiger partial charge in [-0.05, 0) is 49.3 Å². The number of phenolic OH excluding ortho intramolecular Hbond substituents is 1. The maximum Gasteiger partial charge on any atom is 0.193 e. The van der Waals surface area contributed by atoms with Gasteiger partial charge >= 0.3 is 0 Å². The van der Waals surface area contributed by atoms with Crippen LogP contribution in [0.1, 0.15) is 44.1 Å². The Kier molecular flexibility index (Phi) is 6.72. The van der Waals surface area contributed by atoms with Crippen LogP contribution in [0.25, 0.3) is 0 Å². The van der Waals surface area contributed by atoms with Gasteiger partial charge in [0, 0.05) is 33.3 Å². The Bertz CT molecular complexity index is 609. The molecule has 1 aromatic rings. The fourth-order valence-corrected chi connectivity index (χ4v) is 3.86. The van der Waals surface area contributed by atoms with Gasteiger partial charge in [0.25, 0.3) is 0 Å². The number of nitrogens with one attached hydrogen (secondary N) is 1. The largest absolute Gasteiger partial charge is 0.505 e. The monoisotopic (exact) mass is 363 g/mol. The molecule has 0 unspecified atom stereocenters. The van der Waals surface area contributed by atoms with Crippen molar-refractivity contribution in [2.45, 2.75) is 51.2 Å². The highest BCUT2D eigenvalue weighted by Crippen LogP contribution is 2.26. The Hall–Kier alpha value is -1.82. The van der Waals surface area contributed by atoms with Crippen LogP contribution in [0.2, 0.25) is 0 Å². The number of halogens is 1. The number of ether oxygens (including phenoxy) is 1. The summed E-state index contributed by atoms with van der Waals surface area (Å²) in [6.07, 6.45) is 7.76. The molecule has 1 aliphatic carbocycles. The summed E-state index contributed by atoms with van der Waals surface area (Å²) in [4.78, 5) is 6.58. The number of piperidine rings is 1. The third-order valence-electron chi connectivity index (χ3n) is 5.46. The van der Waals surface area contributed by atoms with E-state index in [1.807, 2.05) is 0 Å². The van der Waals surface area contributed by atoms with Gasteiger partial charge in [-0.15, -0.1) is 0 Å². The lowest BCUT2D eigenvalue weighted by molar-refractivity contribution is 0.00101. The van der Waals surface area contributed by atoms with E-state index in [1.54, 1.807) is 13.1 Å². The summed E-state index contributed by atoms with van der Waals surface area (Å²) in [5.74, 6) is 0.679. The third-order valence-corrected chi connectivity index (χ3v) is 5.46. The van der Waals surface area contributed by atoms with Crippen molar-refractivity contribution in [1.29, 1.82) is 0 Å². The van der Waals surface area contributed by atoms with E-state index in [1.165, 1.54) is 37.8 Å². The quantitative estimate of drug-likeness (QED) is 0.623. The molecule has 5 nitrogen and oxygen atoms in total. The van der Waals surface area contributed by atoms with Crippen LogP contribution in [-0.2, 0) is 11.3 Å². The van der Waals surface area contributed by atoms with E-state index in [4.69, 9.17) is 4.74 Å². The van der Waals surface area contributed by atoms with Gasteiger partial charge in [0.05, 0.1) is 6.10 Å². The molecule has 0 spiro atoms. The molecule has 2 fully saturated rings. The number of rotatable bonds is 5. The van der Waals surface area contributed by atoms with Gasteiger partial charge in [0.2, 0.25) is 0 Å². The number of aliphatic imine (C=N–C) groups is 1. The summed E-state index contributed by atoms with van der Waals surface area (Å²) >= 11 is 0. The predicted octanol–water partition coefficient (Wildman–Crippen LogP) is 3.28. The number of nitrogens with zero attached hydrogens (tertiary/aromatic N) is 2. The number of hydrogen-bond donors (Lipinski definition) is 2. The molecule has 2 N–H and O–H groups in total. The molecule has 1 aromatic carbocycles. The van der Waals surface area contributed by atoms with E-state index >= 15 is 0 Å². The molecule has 3 rings (SSSR count). The standard InChI is InChI=1S/C20H30FN3O2/c1-22-20(23-13-16-6-7-19(25)18(21)12-16)24-10-8-17(9-11-24)26-14-15-4-2-3-5-15/h6-7,12,15,17,25H,2-5,8-11,13-14H2,1H3,(H,22,23). The molecule has 0 radical (unpaired) electrons. The highest BCUT2D eigenvalue weighted by atomic mass is 19.1. The zero-order valence-electron chi connectivity index (χ0n) is 15.6. The zero-order chi connectivity index (χ0) is 18.4. The molecule has 6 heteroatoms. The molecule has 1 saturated carbocycles. The molecule has 1 heterocycles. The van der Waals surface area contributed by atoms with Crippen LogP contribution in [0, 0.1) is 11.7 Å². The molecule has 2 aliphatic rings. The van der Waals surface area contributed by atoms with Crippen molar-refractivity contribution in [2.75, 3.05) is 26.7 Å². The van der Waals surface area contributed by atoms with E-state index < -0.39 is 5.82 Å². The van der Waals surface area contributed by atoms with Crippen molar-refractivity contribution < 1.29 is 14.2 Å². The minimum Gasteiger partial charge on any atom is -0.505 e. The van der Waals surface area contributed by atoms with E-state index in [9.17, 15) is 9.50 Å². The summed E-state index contributed by atoms with van der Waals surface area (Å²) in [7, 11) is 1.77. The molecule has 0 bridgehead atoms. The van der Waals surface area contributed by atoms with Crippen LogP contribution < -0.4 is 5.32 Å². The van der Waals surface area contributed by atoms with E-state index in [0.29, 0.717) is 12.6 Å². The first-order valence-electron chi connectivity index (χ1n) is 9.70. The summed E-state index contributed by atoms with van der Waals surface area (Å²) in [5, 5.41) is 12.6. The second-order valence-electron chi connectivity index (χ2n) is 7.36. The number of phenols is 1.